The molecule has 7 heteroatoms. The molecule has 0 fully saturated rings. The minimum Gasteiger partial charge on any atom is -0.493 e. The van der Waals surface area contributed by atoms with Gasteiger partial charge in [-0.3, -0.25) is 0 Å². The Labute approximate surface area is 133 Å². The van der Waals surface area contributed by atoms with Gasteiger partial charge in [0.05, 0.1) is 23.9 Å². The molecule has 1 aromatic carbocycles. The van der Waals surface area contributed by atoms with Crippen LogP contribution in [0.15, 0.2) is 24.3 Å². The van der Waals surface area contributed by atoms with Gasteiger partial charge in [0.15, 0.2) is 11.5 Å². The maximum absolute atomic E-state index is 11.2. The number of aromatic nitrogens is 2. The highest BCUT2D eigenvalue weighted by atomic mass is 16.5. The third-order valence-electron chi connectivity index (χ3n) is 3.32. The van der Waals surface area contributed by atoms with E-state index in [4.69, 9.17) is 15.1 Å². The molecule has 0 amide bonds. The zero-order valence-corrected chi connectivity index (χ0v) is 12.9. The number of nitriles is 1. The summed E-state index contributed by atoms with van der Waals surface area (Å²) in [5.41, 5.74) is 0.407. The summed E-state index contributed by atoms with van der Waals surface area (Å²) >= 11 is 0. The van der Waals surface area contributed by atoms with Crippen molar-refractivity contribution in [3.8, 4) is 23.2 Å². The summed E-state index contributed by atoms with van der Waals surface area (Å²) in [7, 11) is 0. The smallest absolute Gasteiger partial charge is 0.357 e. The van der Waals surface area contributed by atoms with Crippen LogP contribution in [0, 0.1) is 24.2 Å². The Hall–Kier alpha value is -3.01. The summed E-state index contributed by atoms with van der Waals surface area (Å²) in [4.78, 5) is 15.3. The molecule has 1 aromatic heterocycles. The molecular formula is C16H17N3O4. The van der Waals surface area contributed by atoms with Gasteiger partial charge in [0.1, 0.15) is 5.75 Å². The zero-order chi connectivity index (χ0) is 17.0. The first kappa shape index (κ1) is 16.4. The second-order valence-corrected chi connectivity index (χ2v) is 5.26. The maximum atomic E-state index is 11.2. The molecule has 1 unspecified atom stereocenters. The molecule has 0 aliphatic heterocycles. The van der Waals surface area contributed by atoms with Crippen molar-refractivity contribution in [1.82, 2.24) is 9.71 Å². The molecule has 120 valence electrons. The molecule has 1 heterocycles. The second kappa shape index (κ2) is 6.83. The van der Waals surface area contributed by atoms with Crippen molar-refractivity contribution in [2.75, 3.05) is 6.61 Å². The molecule has 7 nitrogen and oxygen atoms in total. The lowest BCUT2D eigenvalue weighted by molar-refractivity contribution is 0.0645. The van der Waals surface area contributed by atoms with Gasteiger partial charge in [0, 0.05) is 12.3 Å². The van der Waals surface area contributed by atoms with Crippen LogP contribution < -0.4 is 4.74 Å². The lowest BCUT2D eigenvalue weighted by Crippen LogP contribution is -2.10. The molecular weight excluding hydrogens is 298 g/mol. The van der Waals surface area contributed by atoms with Crippen LogP contribution in [0.5, 0.6) is 5.75 Å². The normalized spacial score (nSPS) is 11.7. The van der Waals surface area contributed by atoms with Gasteiger partial charge in [-0.1, -0.05) is 19.1 Å². The van der Waals surface area contributed by atoms with Crippen LogP contribution >= 0.6 is 0 Å². The first-order valence-corrected chi connectivity index (χ1v) is 7.06. The van der Waals surface area contributed by atoms with Crippen molar-refractivity contribution in [3.63, 3.8) is 0 Å². The van der Waals surface area contributed by atoms with Crippen molar-refractivity contribution in [1.29, 1.82) is 5.26 Å². The third kappa shape index (κ3) is 3.43. The Kier molecular flexibility index (Phi) is 4.86. The van der Waals surface area contributed by atoms with E-state index in [9.17, 15) is 10.0 Å². The molecule has 0 saturated heterocycles. The largest absolute Gasteiger partial charge is 0.493 e. The average Bonchev–Trinajstić information content (AvgIpc) is 2.80. The molecule has 0 aliphatic carbocycles. The Morgan fingerprint density at radius 1 is 1.48 bits per heavy atom. The molecule has 2 aromatic rings. The standard InChI is InChI=1S/C16H17N3O4/c1-10(7-8-17)9-23-13-6-4-3-5-12(13)15-18-11(2)14(16(20)21)19(15)22/h3-6,10,22H,7,9H2,1-2H3,(H,20,21). The van der Waals surface area contributed by atoms with Gasteiger partial charge in [-0.25, -0.2) is 9.78 Å². The maximum Gasteiger partial charge on any atom is 0.357 e. The summed E-state index contributed by atoms with van der Waals surface area (Å²) in [5, 5.41) is 27.9. The summed E-state index contributed by atoms with van der Waals surface area (Å²) in [6, 6.07) is 8.98. The van der Waals surface area contributed by atoms with Gasteiger partial charge < -0.3 is 15.1 Å². The topological polar surface area (TPSA) is 108 Å². The number of hydrogen-bond acceptors (Lipinski definition) is 5. The third-order valence-corrected chi connectivity index (χ3v) is 3.32. The van der Waals surface area contributed by atoms with Gasteiger partial charge in [-0.15, -0.1) is 0 Å². The Morgan fingerprint density at radius 2 is 2.17 bits per heavy atom. The number of aryl methyl sites for hydroxylation is 1. The number of carboxylic acids is 1. The van der Waals surface area contributed by atoms with E-state index in [1.54, 1.807) is 24.3 Å². The Bertz CT molecular complexity index is 761. The summed E-state index contributed by atoms with van der Waals surface area (Å²) < 4.78 is 6.26. The fourth-order valence-corrected chi connectivity index (χ4v) is 2.16. The van der Waals surface area contributed by atoms with Crippen LogP contribution in [0.1, 0.15) is 29.5 Å². The van der Waals surface area contributed by atoms with Crippen LogP contribution in [0.3, 0.4) is 0 Å². The monoisotopic (exact) mass is 315 g/mol. The molecule has 0 spiro atoms. The molecule has 23 heavy (non-hydrogen) atoms. The number of hydrogen-bond donors (Lipinski definition) is 2. The predicted molar refractivity (Wildman–Crippen MR) is 81.4 cm³/mol. The van der Waals surface area contributed by atoms with Crippen LogP contribution in [0.2, 0.25) is 0 Å². The van der Waals surface area contributed by atoms with E-state index in [0.29, 0.717) is 29.1 Å². The predicted octanol–water partition coefficient (Wildman–Crippen LogP) is 2.72. The SMILES string of the molecule is Cc1nc(-c2ccccc2OCC(C)CC#N)n(O)c1C(=O)O. The number of nitrogens with zero attached hydrogens (tertiary/aromatic N) is 3. The molecule has 0 saturated carbocycles. The van der Waals surface area contributed by atoms with Crippen LogP contribution in [-0.2, 0) is 0 Å². The number of para-hydroxylation sites is 1. The number of imidazole rings is 1. The van der Waals surface area contributed by atoms with E-state index < -0.39 is 5.97 Å². The van der Waals surface area contributed by atoms with Crippen molar-refractivity contribution >= 4 is 5.97 Å². The fraction of sp³-hybridized carbons (Fsp3) is 0.312. The minimum absolute atomic E-state index is 0.0539. The Balaban J connectivity index is 2.36. The molecule has 1 atom stereocenters. The number of rotatable bonds is 6. The fourth-order valence-electron chi connectivity index (χ4n) is 2.16. The average molecular weight is 315 g/mol. The van der Waals surface area contributed by atoms with E-state index in [0.717, 1.165) is 0 Å². The van der Waals surface area contributed by atoms with Gasteiger partial charge in [-0.2, -0.15) is 9.99 Å². The van der Waals surface area contributed by atoms with Crippen LogP contribution in [0.25, 0.3) is 11.4 Å². The van der Waals surface area contributed by atoms with Crippen LogP contribution in [0.4, 0.5) is 0 Å². The highest BCUT2D eigenvalue weighted by Crippen LogP contribution is 2.30. The van der Waals surface area contributed by atoms with Crippen molar-refractivity contribution in [3.05, 3.63) is 35.7 Å². The van der Waals surface area contributed by atoms with Crippen molar-refractivity contribution in [2.24, 2.45) is 5.92 Å². The summed E-state index contributed by atoms with van der Waals surface area (Å²) in [6.45, 7) is 3.74. The van der Waals surface area contributed by atoms with E-state index in [2.05, 4.69) is 11.1 Å². The molecule has 0 bridgehead atoms. The first-order valence-electron chi connectivity index (χ1n) is 7.06. The lowest BCUT2D eigenvalue weighted by atomic mass is 10.1. The minimum atomic E-state index is -1.26. The van der Waals surface area contributed by atoms with Gasteiger partial charge in [0.25, 0.3) is 0 Å². The molecule has 0 aliphatic rings. The summed E-state index contributed by atoms with van der Waals surface area (Å²) in [6.07, 6.45) is 0.374. The van der Waals surface area contributed by atoms with E-state index in [1.165, 1.54) is 6.92 Å². The first-order chi connectivity index (χ1) is 11.0. The number of carboxylic acid groups (broad SMARTS) is 1. The van der Waals surface area contributed by atoms with Crippen molar-refractivity contribution < 1.29 is 19.8 Å². The number of ether oxygens (including phenoxy) is 1. The second-order valence-electron chi connectivity index (χ2n) is 5.26. The van der Waals surface area contributed by atoms with Gasteiger partial charge in [0.2, 0.25) is 0 Å². The van der Waals surface area contributed by atoms with E-state index in [-0.39, 0.29) is 23.1 Å². The molecule has 2 rings (SSSR count). The van der Waals surface area contributed by atoms with Gasteiger partial charge in [-0.05, 0) is 19.1 Å². The number of benzene rings is 1. The molecule has 2 N–H and O–H groups in total. The van der Waals surface area contributed by atoms with Gasteiger partial charge >= 0.3 is 5.97 Å². The number of carbonyl (C=O) groups is 1. The number of aromatic carboxylic acids is 1. The Morgan fingerprint density at radius 3 is 2.78 bits per heavy atom. The summed E-state index contributed by atoms with van der Waals surface area (Å²) in [5.74, 6) is -0.638. The zero-order valence-electron chi connectivity index (χ0n) is 12.9. The highest BCUT2D eigenvalue weighted by molar-refractivity contribution is 5.88. The van der Waals surface area contributed by atoms with E-state index >= 15 is 0 Å². The van der Waals surface area contributed by atoms with E-state index in [1.807, 2.05) is 6.92 Å². The quantitative estimate of drug-likeness (QED) is 0.793. The highest BCUT2D eigenvalue weighted by Gasteiger charge is 2.22. The van der Waals surface area contributed by atoms with Crippen LogP contribution in [-0.4, -0.2) is 32.6 Å². The lowest BCUT2D eigenvalue weighted by Gasteiger charge is -2.13. The van der Waals surface area contributed by atoms with Crippen molar-refractivity contribution in [2.45, 2.75) is 20.3 Å². The molecule has 0 radical (unpaired) electrons.